The highest BCUT2D eigenvalue weighted by Gasteiger charge is 2.29. The molecule has 2 N–H and O–H groups in total. The maximum atomic E-state index is 11.6. The Labute approximate surface area is 148 Å². The van der Waals surface area contributed by atoms with Crippen molar-refractivity contribution in [2.45, 2.75) is 58.5 Å². The molecule has 0 bridgehead atoms. The topological polar surface area (TPSA) is 107 Å². The van der Waals surface area contributed by atoms with Crippen LogP contribution in [0.3, 0.4) is 0 Å². The summed E-state index contributed by atoms with van der Waals surface area (Å²) in [6, 6.07) is 0. The summed E-state index contributed by atoms with van der Waals surface area (Å²) in [5.41, 5.74) is -0.499. The van der Waals surface area contributed by atoms with Crippen molar-refractivity contribution in [1.29, 1.82) is 0 Å². The molecule has 2 amide bonds. The number of rotatable bonds is 1. The third-order valence-electron chi connectivity index (χ3n) is 4.12. The highest BCUT2D eigenvalue weighted by Crippen LogP contribution is 2.19. The van der Waals surface area contributed by atoms with Crippen LogP contribution in [0.2, 0.25) is 0 Å². The van der Waals surface area contributed by atoms with Crippen LogP contribution in [0.5, 0.6) is 0 Å². The molecular formula is C17H30N2O6. The summed E-state index contributed by atoms with van der Waals surface area (Å²) in [6.45, 7) is 7.83. The van der Waals surface area contributed by atoms with E-state index >= 15 is 0 Å². The lowest BCUT2D eigenvalue weighted by atomic mass is 9.97. The van der Waals surface area contributed by atoms with Gasteiger partial charge in [0.1, 0.15) is 5.60 Å². The van der Waals surface area contributed by atoms with Crippen molar-refractivity contribution >= 4 is 18.2 Å². The molecule has 0 aliphatic carbocycles. The minimum atomic E-state index is -0.774. The summed E-state index contributed by atoms with van der Waals surface area (Å²) in [5.74, 6) is -1.09. The second kappa shape index (κ2) is 9.48. The SMILES string of the molecule is CC(C)(C)OC(=O)N1CCC(C(=O)O)CC1.O=C(O)N1CCCCC1. The van der Waals surface area contributed by atoms with Crippen LogP contribution in [-0.2, 0) is 9.53 Å². The molecule has 0 radical (unpaired) electrons. The molecule has 0 atom stereocenters. The third-order valence-corrected chi connectivity index (χ3v) is 4.12. The van der Waals surface area contributed by atoms with Gasteiger partial charge < -0.3 is 24.7 Å². The number of carboxylic acids is 1. The molecule has 2 rings (SSSR count). The Kier molecular flexibility index (Phi) is 7.99. The van der Waals surface area contributed by atoms with Crippen molar-refractivity contribution in [3.05, 3.63) is 0 Å². The van der Waals surface area contributed by atoms with Crippen LogP contribution in [0.1, 0.15) is 52.9 Å². The molecular weight excluding hydrogens is 328 g/mol. The van der Waals surface area contributed by atoms with E-state index in [1.54, 1.807) is 4.90 Å². The Morgan fingerprint density at radius 1 is 0.880 bits per heavy atom. The van der Waals surface area contributed by atoms with Crippen LogP contribution in [0.4, 0.5) is 9.59 Å². The highest BCUT2D eigenvalue weighted by molar-refractivity contribution is 5.71. The maximum absolute atomic E-state index is 11.6. The van der Waals surface area contributed by atoms with E-state index in [0.717, 1.165) is 25.9 Å². The monoisotopic (exact) mass is 358 g/mol. The summed E-state index contributed by atoms with van der Waals surface area (Å²) in [5, 5.41) is 17.3. The van der Waals surface area contributed by atoms with E-state index in [2.05, 4.69) is 0 Å². The van der Waals surface area contributed by atoms with Gasteiger partial charge in [-0.25, -0.2) is 9.59 Å². The van der Waals surface area contributed by atoms with Crippen LogP contribution in [0.25, 0.3) is 0 Å². The first-order valence-corrected chi connectivity index (χ1v) is 8.79. The molecule has 0 aromatic carbocycles. The number of amides is 2. The molecule has 0 saturated carbocycles. The summed E-state index contributed by atoms with van der Waals surface area (Å²) >= 11 is 0. The molecule has 8 heteroatoms. The standard InChI is InChI=1S/C11H19NO4.C6H11NO2/c1-11(2,3)16-10(15)12-6-4-8(5-7-12)9(13)14;8-6(9)7-4-2-1-3-5-7/h8H,4-7H2,1-3H3,(H,13,14);1-5H2,(H,8,9). The van der Waals surface area contributed by atoms with Gasteiger partial charge in [0.05, 0.1) is 5.92 Å². The van der Waals surface area contributed by atoms with Crippen LogP contribution in [0, 0.1) is 5.92 Å². The van der Waals surface area contributed by atoms with Gasteiger partial charge in [0.2, 0.25) is 0 Å². The van der Waals surface area contributed by atoms with Gasteiger partial charge in [0.25, 0.3) is 0 Å². The van der Waals surface area contributed by atoms with Crippen LogP contribution in [-0.4, -0.2) is 69.9 Å². The molecule has 0 unspecified atom stereocenters. The molecule has 144 valence electrons. The number of carbonyl (C=O) groups is 3. The van der Waals surface area contributed by atoms with Crippen LogP contribution < -0.4 is 0 Å². The van der Waals surface area contributed by atoms with Crippen LogP contribution >= 0.6 is 0 Å². The normalized spacial score (nSPS) is 18.8. The number of hydrogen-bond acceptors (Lipinski definition) is 4. The fraction of sp³-hybridized carbons (Fsp3) is 0.824. The van der Waals surface area contributed by atoms with Crippen molar-refractivity contribution in [2.75, 3.05) is 26.2 Å². The average molecular weight is 358 g/mol. The summed E-state index contributed by atoms with van der Waals surface area (Å²) in [7, 11) is 0. The van der Waals surface area contributed by atoms with Gasteiger partial charge in [-0.15, -0.1) is 0 Å². The molecule has 2 saturated heterocycles. The van der Waals surface area contributed by atoms with E-state index in [1.165, 1.54) is 11.3 Å². The number of ether oxygens (including phenoxy) is 1. The minimum Gasteiger partial charge on any atom is -0.481 e. The van der Waals surface area contributed by atoms with Gasteiger partial charge in [-0.05, 0) is 52.9 Å². The molecule has 0 aromatic heterocycles. The van der Waals surface area contributed by atoms with Gasteiger partial charge >= 0.3 is 18.2 Å². The summed E-state index contributed by atoms with van der Waals surface area (Å²) < 4.78 is 5.21. The number of likely N-dealkylation sites (tertiary alicyclic amines) is 2. The molecule has 2 aliphatic rings. The zero-order valence-corrected chi connectivity index (χ0v) is 15.4. The smallest absolute Gasteiger partial charge is 0.410 e. The van der Waals surface area contributed by atoms with Gasteiger partial charge in [-0.3, -0.25) is 4.79 Å². The zero-order valence-electron chi connectivity index (χ0n) is 15.4. The average Bonchev–Trinajstić information content (AvgIpc) is 2.55. The number of carboxylic acid groups (broad SMARTS) is 2. The fourth-order valence-corrected chi connectivity index (χ4v) is 2.72. The maximum Gasteiger partial charge on any atom is 0.410 e. The molecule has 8 nitrogen and oxygen atoms in total. The second-order valence-corrected chi connectivity index (χ2v) is 7.41. The van der Waals surface area contributed by atoms with Gasteiger partial charge in [-0.2, -0.15) is 0 Å². The van der Waals surface area contributed by atoms with Gasteiger partial charge in [0.15, 0.2) is 0 Å². The number of hydrogen-bond donors (Lipinski definition) is 2. The van der Waals surface area contributed by atoms with Crippen molar-refractivity contribution in [2.24, 2.45) is 5.92 Å². The highest BCUT2D eigenvalue weighted by atomic mass is 16.6. The molecule has 0 spiro atoms. The molecule has 0 aromatic rings. The second-order valence-electron chi connectivity index (χ2n) is 7.41. The molecule has 2 aliphatic heterocycles. The first-order chi connectivity index (χ1) is 11.6. The number of carbonyl (C=O) groups excluding carboxylic acids is 1. The van der Waals surface area contributed by atoms with E-state index in [0.29, 0.717) is 25.9 Å². The summed E-state index contributed by atoms with van der Waals surface area (Å²) in [4.78, 5) is 35.7. The van der Waals surface area contributed by atoms with Crippen LogP contribution in [0.15, 0.2) is 0 Å². The Bertz CT molecular complexity index is 460. The quantitative estimate of drug-likeness (QED) is 0.746. The van der Waals surface area contributed by atoms with E-state index in [9.17, 15) is 14.4 Å². The zero-order chi connectivity index (χ0) is 19.0. The summed E-state index contributed by atoms with van der Waals surface area (Å²) in [6.07, 6.45) is 3.15. The largest absolute Gasteiger partial charge is 0.481 e. The minimum absolute atomic E-state index is 0.321. The van der Waals surface area contributed by atoms with E-state index < -0.39 is 17.7 Å². The molecule has 25 heavy (non-hydrogen) atoms. The van der Waals surface area contributed by atoms with E-state index in [4.69, 9.17) is 14.9 Å². The van der Waals surface area contributed by atoms with Gasteiger partial charge in [0, 0.05) is 26.2 Å². The van der Waals surface area contributed by atoms with Crippen molar-refractivity contribution in [1.82, 2.24) is 9.80 Å². The Morgan fingerprint density at radius 3 is 1.76 bits per heavy atom. The number of aliphatic carboxylic acids is 1. The Hall–Kier alpha value is -1.99. The first-order valence-electron chi connectivity index (χ1n) is 8.79. The molecule has 2 fully saturated rings. The van der Waals surface area contributed by atoms with Crippen molar-refractivity contribution in [3.63, 3.8) is 0 Å². The third kappa shape index (κ3) is 8.09. The molecule has 2 heterocycles. The Morgan fingerprint density at radius 2 is 1.40 bits per heavy atom. The predicted molar refractivity (Wildman–Crippen MR) is 91.6 cm³/mol. The predicted octanol–water partition coefficient (Wildman–Crippen LogP) is 2.87. The van der Waals surface area contributed by atoms with Gasteiger partial charge in [-0.1, -0.05) is 0 Å². The lowest BCUT2D eigenvalue weighted by Gasteiger charge is -2.32. The lowest BCUT2D eigenvalue weighted by Crippen LogP contribution is -2.42. The van der Waals surface area contributed by atoms with Crippen molar-refractivity contribution < 1.29 is 29.3 Å². The van der Waals surface area contributed by atoms with E-state index in [1.807, 2.05) is 20.8 Å². The number of nitrogens with zero attached hydrogens (tertiary/aromatic N) is 2. The Balaban J connectivity index is 0.000000293. The first kappa shape index (κ1) is 21.1. The fourth-order valence-electron chi connectivity index (χ4n) is 2.72. The van der Waals surface area contributed by atoms with E-state index in [-0.39, 0.29) is 12.0 Å². The lowest BCUT2D eigenvalue weighted by molar-refractivity contribution is -0.143. The number of piperidine rings is 2. The van der Waals surface area contributed by atoms with Crippen molar-refractivity contribution in [3.8, 4) is 0 Å².